The number of hydrogen-bond donors (Lipinski definition) is 1. The maximum atomic E-state index is 12.5. The Balaban J connectivity index is 1.63. The SMILES string of the molecule is COCCn1cc(NC(=O)N(C)C2CCc3ccccc32)cn1. The van der Waals surface area contributed by atoms with Gasteiger partial charge in [0.25, 0.3) is 0 Å². The fourth-order valence-corrected chi connectivity index (χ4v) is 3.03. The van der Waals surface area contributed by atoms with E-state index in [2.05, 4.69) is 28.6 Å². The van der Waals surface area contributed by atoms with Gasteiger partial charge in [-0.3, -0.25) is 4.68 Å². The predicted molar refractivity (Wildman–Crippen MR) is 88.4 cm³/mol. The summed E-state index contributed by atoms with van der Waals surface area (Å²) in [6.07, 6.45) is 5.46. The number of urea groups is 1. The minimum Gasteiger partial charge on any atom is -0.383 e. The molecule has 1 N–H and O–H groups in total. The van der Waals surface area contributed by atoms with E-state index in [-0.39, 0.29) is 12.1 Å². The van der Waals surface area contributed by atoms with E-state index >= 15 is 0 Å². The lowest BCUT2D eigenvalue weighted by atomic mass is 10.1. The molecular formula is C17H22N4O2. The van der Waals surface area contributed by atoms with Gasteiger partial charge in [0, 0.05) is 20.4 Å². The zero-order valence-electron chi connectivity index (χ0n) is 13.5. The second-order valence-corrected chi connectivity index (χ2v) is 5.78. The summed E-state index contributed by atoms with van der Waals surface area (Å²) in [4.78, 5) is 14.3. The third-order valence-electron chi connectivity index (χ3n) is 4.30. The highest BCUT2D eigenvalue weighted by atomic mass is 16.5. The summed E-state index contributed by atoms with van der Waals surface area (Å²) in [5.74, 6) is 0. The monoisotopic (exact) mass is 314 g/mol. The van der Waals surface area contributed by atoms with Gasteiger partial charge in [0.15, 0.2) is 0 Å². The topological polar surface area (TPSA) is 59.4 Å². The van der Waals surface area contributed by atoms with Gasteiger partial charge < -0.3 is 15.0 Å². The van der Waals surface area contributed by atoms with E-state index in [1.165, 1.54) is 11.1 Å². The van der Waals surface area contributed by atoms with Gasteiger partial charge in [-0.1, -0.05) is 24.3 Å². The first-order valence-corrected chi connectivity index (χ1v) is 7.82. The van der Waals surface area contributed by atoms with Crippen molar-refractivity contribution in [3.63, 3.8) is 0 Å². The van der Waals surface area contributed by atoms with Crippen LogP contribution in [-0.4, -0.2) is 41.5 Å². The molecule has 6 nitrogen and oxygen atoms in total. The third kappa shape index (κ3) is 3.37. The number of fused-ring (bicyclic) bond motifs is 1. The van der Waals surface area contributed by atoms with Crippen LogP contribution >= 0.6 is 0 Å². The van der Waals surface area contributed by atoms with Crippen molar-refractivity contribution in [2.45, 2.75) is 25.4 Å². The van der Waals surface area contributed by atoms with E-state index < -0.39 is 0 Å². The lowest BCUT2D eigenvalue weighted by Crippen LogP contribution is -2.33. The molecule has 2 aromatic rings. The van der Waals surface area contributed by atoms with Crippen molar-refractivity contribution in [1.29, 1.82) is 0 Å². The zero-order valence-corrected chi connectivity index (χ0v) is 13.5. The standard InChI is InChI=1S/C17H22N4O2/c1-20(16-8-7-13-5-3-4-6-15(13)16)17(22)19-14-11-18-21(12-14)9-10-23-2/h3-6,11-12,16H,7-10H2,1-2H3,(H,19,22). The van der Waals surface area contributed by atoms with E-state index in [0.29, 0.717) is 18.8 Å². The number of carbonyl (C=O) groups is 1. The lowest BCUT2D eigenvalue weighted by molar-refractivity contribution is 0.183. The first-order chi connectivity index (χ1) is 11.2. The first kappa shape index (κ1) is 15.6. The highest BCUT2D eigenvalue weighted by Crippen LogP contribution is 2.34. The number of amides is 2. The second-order valence-electron chi connectivity index (χ2n) is 5.78. The predicted octanol–water partition coefficient (Wildman–Crippen LogP) is 2.68. The average Bonchev–Trinajstić information content (AvgIpc) is 3.18. The Morgan fingerprint density at radius 2 is 2.30 bits per heavy atom. The van der Waals surface area contributed by atoms with Crippen LogP contribution in [0.25, 0.3) is 0 Å². The summed E-state index contributed by atoms with van der Waals surface area (Å²) < 4.78 is 6.77. The first-order valence-electron chi connectivity index (χ1n) is 7.82. The number of carbonyl (C=O) groups excluding carboxylic acids is 1. The largest absolute Gasteiger partial charge is 0.383 e. The van der Waals surface area contributed by atoms with Crippen molar-refractivity contribution in [3.8, 4) is 0 Å². The quantitative estimate of drug-likeness (QED) is 0.923. The van der Waals surface area contributed by atoms with Crippen molar-refractivity contribution in [2.24, 2.45) is 0 Å². The number of rotatable bonds is 5. The Labute approximate surface area is 136 Å². The molecule has 0 saturated carbocycles. The fraction of sp³-hybridized carbons (Fsp3) is 0.412. The van der Waals surface area contributed by atoms with Gasteiger partial charge in [-0.05, 0) is 24.0 Å². The Morgan fingerprint density at radius 1 is 1.48 bits per heavy atom. The average molecular weight is 314 g/mol. The van der Waals surface area contributed by atoms with Crippen LogP contribution in [0.15, 0.2) is 36.7 Å². The van der Waals surface area contributed by atoms with Crippen molar-refractivity contribution in [1.82, 2.24) is 14.7 Å². The summed E-state index contributed by atoms with van der Waals surface area (Å²) in [6.45, 7) is 1.26. The smallest absolute Gasteiger partial charge is 0.322 e. The van der Waals surface area contributed by atoms with Crippen LogP contribution in [0.4, 0.5) is 10.5 Å². The van der Waals surface area contributed by atoms with Gasteiger partial charge in [-0.15, -0.1) is 0 Å². The van der Waals surface area contributed by atoms with E-state index in [0.717, 1.165) is 12.8 Å². The molecule has 0 radical (unpaired) electrons. The highest BCUT2D eigenvalue weighted by molar-refractivity contribution is 5.89. The summed E-state index contributed by atoms with van der Waals surface area (Å²) in [7, 11) is 3.50. The number of aryl methyl sites for hydroxylation is 1. The Kier molecular flexibility index (Phi) is 4.62. The summed E-state index contributed by atoms with van der Waals surface area (Å²) in [5.41, 5.74) is 3.29. The van der Waals surface area contributed by atoms with Crippen LogP contribution in [0, 0.1) is 0 Å². The van der Waals surface area contributed by atoms with Crippen LogP contribution < -0.4 is 5.32 Å². The lowest BCUT2D eigenvalue weighted by Gasteiger charge is -2.25. The van der Waals surface area contributed by atoms with Gasteiger partial charge in [0.2, 0.25) is 0 Å². The highest BCUT2D eigenvalue weighted by Gasteiger charge is 2.28. The number of methoxy groups -OCH3 is 1. The van der Waals surface area contributed by atoms with Gasteiger partial charge in [-0.25, -0.2) is 4.79 Å². The number of hydrogen-bond acceptors (Lipinski definition) is 3. The van der Waals surface area contributed by atoms with Crippen molar-refractivity contribution in [3.05, 3.63) is 47.8 Å². The van der Waals surface area contributed by atoms with Gasteiger partial charge in [0.05, 0.1) is 31.1 Å². The summed E-state index contributed by atoms with van der Waals surface area (Å²) in [6, 6.07) is 8.35. The molecule has 1 aliphatic carbocycles. The third-order valence-corrected chi connectivity index (χ3v) is 4.30. The molecule has 0 spiro atoms. The molecule has 1 aromatic heterocycles. The number of anilines is 1. The van der Waals surface area contributed by atoms with E-state index in [9.17, 15) is 4.79 Å². The molecular weight excluding hydrogens is 292 g/mol. The van der Waals surface area contributed by atoms with Crippen LogP contribution in [0.5, 0.6) is 0 Å². The Hall–Kier alpha value is -2.34. The van der Waals surface area contributed by atoms with Crippen molar-refractivity contribution < 1.29 is 9.53 Å². The molecule has 1 aliphatic rings. The normalized spacial score (nSPS) is 16.2. The van der Waals surface area contributed by atoms with Gasteiger partial charge in [-0.2, -0.15) is 5.10 Å². The Bertz CT molecular complexity index is 683. The number of aromatic nitrogens is 2. The summed E-state index contributed by atoms with van der Waals surface area (Å²) >= 11 is 0. The minimum atomic E-state index is -0.113. The van der Waals surface area contributed by atoms with E-state index in [4.69, 9.17) is 4.74 Å². The molecule has 122 valence electrons. The Morgan fingerprint density at radius 3 is 3.13 bits per heavy atom. The molecule has 0 saturated heterocycles. The molecule has 2 amide bonds. The van der Waals surface area contributed by atoms with Crippen LogP contribution in [-0.2, 0) is 17.7 Å². The number of nitrogens with zero attached hydrogens (tertiary/aromatic N) is 3. The zero-order chi connectivity index (χ0) is 16.2. The van der Waals surface area contributed by atoms with Gasteiger partial charge >= 0.3 is 6.03 Å². The van der Waals surface area contributed by atoms with Gasteiger partial charge in [0.1, 0.15) is 0 Å². The number of nitrogens with one attached hydrogen (secondary N) is 1. The van der Waals surface area contributed by atoms with Crippen LogP contribution in [0.1, 0.15) is 23.6 Å². The van der Waals surface area contributed by atoms with E-state index in [1.54, 1.807) is 22.9 Å². The van der Waals surface area contributed by atoms with Crippen molar-refractivity contribution in [2.75, 3.05) is 26.1 Å². The molecule has 1 heterocycles. The molecule has 0 fully saturated rings. The number of ether oxygens (including phenoxy) is 1. The minimum absolute atomic E-state index is 0.113. The molecule has 1 unspecified atom stereocenters. The molecule has 1 atom stereocenters. The number of benzene rings is 1. The fourth-order valence-electron chi connectivity index (χ4n) is 3.03. The molecule has 0 aliphatic heterocycles. The van der Waals surface area contributed by atoms with Crippen LogP contribution in [0.2, 0.25) is 0 Å². The van der Waals surface area contributed by atoms with Crippen LogP contribution in [0.3, 0.4) is 0 Å². The maximum absolute atomic E-state index is 12.5. The molecule has 23 heavy (non-hydrogen) atoms. The van der Waals surface area contributed by atoms with Crippen molar-refractivity contribution >= 4 is 11.7 Å². The second kappa shape index (κ2) is 6.83. The summed E-state index contributed by atoms with van der Waals surface area (Å²) in [5, 5.41) is 7.11. The molecule has 1 aromatic carbocycles. The molecule has 3 rings (SSSR count). The molecule has 6 heteroatoms. The molecule has 0 bridgehead atoms. The maximum Gasteiger partial charge on any atom is 0.322 e. The van der Waals surface area contributed by atoms with E-state index in [1.807, 2.05) is 19.3 Å².